The van der Waals surface area contributed by atoms with Crippen molar-refractivity contribution in [1.82, 2.24) is 0 Å². The van der Waals surface area contributed by atoms with Gasteiger partial charge in [0.25, 0.3) is 0 Å². The van der Waals surface area contributed by atoms with Gasteiger partial charge in [0, 0.05) is 6.42 Å². The molecule has 1 rings (SSSR count). The Labute approximate surface area is 101 Å². The summed E-state index contributed by atoms with van der Waals surface area (Å²) in [7, 11) is -1.69. The van der Waals surface area contributed by atoms with Crippen molar-refractivity contribution in [3.63, 3.8) is 0 Å². The van der Waals surface area contributed by atoms with Gasteiger partial charge in [-0.25, -0.2) is 0 Å². The summed E-state index contributed by atoms with van der Waals surface area (Å²) in [6.07, 6.45) is 3.75. The fraction of sp³-hybridized carbons (Fsp3) is 0.923. The number of hydrogen-bond acceptors (Lipinski definition) is 2. The third-order valence-electron chi connectivity index (χ3n) is 3.33. The minimum Gasteiger partial charge on any atom is -0.405 e. The van der Waals surface area contributed by atoms with Gasteiger partial charge in [-0.2, -0.15) is 0 Å². The Kier molecular flexibility index (Phi) is 3.70. The predicted molar refractivity (Wildman–Crippen MR) is 70.1 cm³/mol. The summed E-state index contributed by atoms with van der Waals surface area (Å²) in [5, 5.41) is 0. The first-order valence-electron chi connectivity index (χ1n) is 6.32. The summed E-state index contributed by atoms with van der Waals surface area (Å²) in [5.41, 5.74) is -0.611. The summed E-state index contributed by atoms with van der Waals surface area (Å²) >= 11 is 0. The highest BCUT2D eigenvalue weighted by atomic mass is 28.4. The van der Waals surface area contributed by atoms with Crippen LogP contribution in [0.15, 0.2) is 0 Å². The van der Waals surface area contributed by atoms with Crippen LogP contribution in [0.4, 0.5) is 0 Å². The maximum Gasteiger partial charge on any atom is 0.185 e. The molecule has 0 bridgehead atoms. The van der Waals surface area contributed by atoms with Gasteiger partial charge in [-0.1, -0.05) is 20.8 Å². The Balaban J connectivity index is 3.06. The van der Waals surface area contributed by atoms with Crippen LogP contribution in [0.1, 0.15) is 46.5 Å². The van der Waals surface area contributed by atoms with Gasteiger partial charge in [-0.3, -0.25) is 4.79 Å². The van der Waals surface area contributed by atoms with Gasteiger partial charge in [0.15, 0.2) is 14.1 Å². The lowest BCUT2D eigenvalue weighted by Crippen LogP contribution is -2.58. The topological polar surface area (TPSA) is 26.3 Å². The van der Waals surface area contributed by atoms with E-state index < -0.39 is 13.9 Å². The SMILES string of the molecule is CC(C)(C)C1(O[Si](C)(C)C)CCCCC1=O. The quantitative estimate of drug-likeness (QED) is 0.689. The van der Waals surface area contributed by atoms with Crippen LogP contribution in [-0.2, 0) is 9.22 Å². The van der Waals surface area contributed by atoms with E-state index in [0.29, 0.717) is 12.2 Å². The van der Waals surface area contributed by atoms with E-state index in [2.05, 4.69) is 40.4 Å². The Morgan fingerprint density at radius 1 is 1.19 bits per heavy atom. The number of rotatable bonds is 2. The molecule has 1 saturated carbocycles. The number of ketones is 1. The maximum absolute atomic E-state index is 12.3. The van der Waals surface area contributed by atoms with Gasteiger partial charge in [-0.05, 0) is 44.3 Å². The molecule has 94 valence electrons. The van der Waals surface area contributed by atoms with Gasteiger partial charge in [0.05, 0.1) is 0 Å². The van der Waals surface area contributed by atoms with Crippen molar-refractivity contribution in [2.45, 2.75) is 71.7 Å². The molecule has 0 aliphatic heterocycles. The highest BCUT2D eigenvalue weighted by molar-refractivity contribution is 6.70. The molecule has 0 radical (unpaired) electrons. The van der Waals surface area contributed by atoms with Gasteiger partial charge in [0.1, 0.15) is 5.60 Å². The fourth-order valence-electron chi connectivity index (χ4n) is 2.58. The van der Waals surface area contributed by atoms with Gasteiger partial charge in [-0.15, -0.1) is 0 Å². The first-order chi connectivity index (χ1) is 7.08. The van der Waals surface area contributed by atoms with E-state index in [4.69, 9.17) is 4.43 Å². The van der Waals surface area contributed by atoms with Crippen LogP contribution in [-0.4, -0.2) is 19.7 Å². The molecule has 1 unspecified atom stereocenters. The lowest BCUT2D eigenvalue weighted by molar-refractivity contribution is -0.151. The van der Waals surface area contributed by atoms with Crippen LogP contribution in [0.5, 0.6) is 0 Å². The molecule has 1 fully saturated rings. The van der Waals surface area contributed by atoms with E-state index in [9.17, 15) is 4.79 Å². The molecule has 1 aliphatic rings. The molecule has 0 aromatic carbocycles. The van der Waals surface area contributed by atoms with Crippen molar-refractivity contribution in [1.29, 1.82) is 0 Å². The summed E-state index contributed by atoms with van der Waals surface area (Å²) in [6, 6.07) is 0. The van der Waals surface area contributed by atoms with E-state index >= 15 is 0 Å². The Hall–Kier alpha value is -0.153. The van der Waals surface area contributed by atoms with Crippen molar-refractivity contribution in [2.75, 3.05) is 0 Å². The van der Waals surface area contributed by atoms with Crippen molar-refractivity contribution in [3.8, 4) is 0 Å². The van der Waals surface area contributed by atoms with E-state index in [1.54, 1.807) is 0 Å². The zero-order valence-corrected chi connectivity index (χ0v) is 12.6. The second-order valence-corrected chi connectivity index (χ2v) is 11.4. The first-order valence-corrected chi connectivity index (χ1v) is 9.73. The second-order valence-electron chi connectivity index (χ2n) is 6.92. The van der Waals surface area contributed by atoms with Crippen LogP contribution in [0, 0.1) is 5.41 Å². The fourth-order valence-corrected chi connectivity index (χ4v) is 4.15. The molecule has 16 heavy (non-hydrogen) atoms. The summed E-state index contributed by atoms with van der Waals surface area (Å²) < 4.78 is 6.33. The van der Waals surface area contributed by atoms with Gasteiger partial charge in [0.2, 0.25) is 0 Å². The molecule has 0 heterocycles. The normalized spacial score (nSPS) is 28.2. The van der Waals surface area contributed by atoms with Crippen LogP contribution < -0.4 is 0 Å². The largest absolute Gasteiger partial charge is 0.405 e. The molecule has 1 aliphatic carbocycles. The van der Waals surface area contributed by atoms with Crippen molar-refractivity contribution >= 4 is 14.1 Å². The molecule has 0 saturated heterocycles. The summed E-state index contributed by atoms with van der Waals surface area (Å²) in [4.78, 5) is 12.3. The van der Waals surface area contributed by atoms with Crippen LogP contribution >= 0.6 is 0 Å². The third kappa shape index (κ3) is 2.75. The summed E-state index contributed by atoms with van der Waals surface area (Å²) in [6.45, 7) is 12.9. The molecule has 2 nitrogen and oxygen atoms in total. The lowest BCUT2D eigenvalue weighted by Gasteiger charge is -2.49. The van der Waals surface area contributed by atoms with Gasteiger partial charge >= 0.3 is 0 Å². The van der Waals surface area contributed by atoms with E-state index in [1.807, 2.05) is 0 Å². The molecule has 0 aromatic heterocycles. The zero-order valence-electron chi connectivity index (χ0n) is 11.6. The minimum atomic E-state index is -1.69. The van der Waals surface area contributed by atoms with E-state index in [-0.39, 0.29) is 5.41 Å². The Morgan fingerprint density at radius 2 is 1.75 bits per heavy atom. The van der Waals surface area contributed by atoms with Crippen molar-refractivity contribution in [3.05, 3.63) is 0 Å². The average Bonchev–Trinajstić information content (AvgIpc) is 2.04. The minimum absolute atomic E-state index is 0.0925. The molecule has 3 heteroatoms. The molecule has 0 spiro atoms. The number of carbonyl (C=O) groups is 1. The number of Topliss-reactive ketones (excluding diaryl/α,β-unsaturated/α-hetero) is 1. The van der Waals surface area contributed by atoms with Crippen molar-refractivity contribution in [2.24, 2.45) is 5.41 Å². The standard InChI is InChI=1S/C13H26O2Si/c1-12(2,3)13(15-16(4,5)6)10-8-7-9-11(13)14/h7-10H2,1-6H3. The first kappa shape index (κ1) is 13.9. The summed E-state index contributed by atoms with van der Waals surface area (Å²) in [5.74, 6) is 0.327. The number of hydrogen-bond donors (Lipinski definition) is 0. The molecule has 1 atom stereocenters. The van der Waals surface area contributed by atoms with Gasteiger partial charge < -0.3 is 4.43 Å². The Morgan fingerprint density at radius 3 is 2.12 bits per heavy atom. The molecule has 0 aromatic rings. The zero-order chi connectivity index (χ0) is 12.6. The van der Waals surface area contributed by atoms with Crippen molar-refractivity contribution < 1.29 is 9.22 Å². The predicted octanol–water partition coefficient (Wildman–Crippen LogP) is 3.77. The molecular formula is C13H26O2Si. The van der Waals surface area contributed by atoms with Crippen LogP contribution in [0.3, 0.4) is 0 Å². The molecule has 0 N–H and O–H groups in total. The second kappa shape index (κ2) is 4.26. The maximum atomic E-state index is 12.3. The molecular weight excluding hydrogens is 216 g/mol. The van der Waals surface area contributed by atoms with Crippen LogP contribution in [0.2, 0.25) is 19.6 Å². The Bertz CT molecular complexity index is 273. The number of carbonyl (C=O) groups excluding carboxylic acids is 1. The third-order valence-corrected chi connectivity index (χ3v) is 4.29. The van der Waals surface area contributed by atoms with E-state index in [0.717, 1.165) is 19.3 Å². The lowest BCUT2D eigenvalue weighted by atomic mass is 9.67. The smallest absolute Gasteiger partial charge is 0.185 e. The molecule has 0 amide bonds. The van der Waals surface area contributed by atoms with E-state index in [1.165, 1.54) is 0 Å². The van der Waals surface area contributed by atoms with Crippen LogP contribution in [0.25, 0.3) is 0 Å². The highest BCUT2D eigenvalue weighted by Gasteiger charge is 2.51. The highest BCUT2D eigenvalue weighted by Crippen LogP contribution is 2.44. The monoisotopic (exact) mass is 242 g/mol. The average molecular weight is 242 g/mol.